The van der Waals surface area contributed by atoms with Gasteiger partial charge in [-0.1, -0.05) is 32.0 Å². The molecule has 0 aliphatic rings. The number of ether oxygens (including phenoxy) is 1. The lowest BCUT2D eigenvalue weighted by atomic mass is 10.0. The molecular formula is C16H21NOS. The van der Waals surface area contributed by atoms with E-state index in [1.165, 1.54) is 10.4 Å². The van der Waals surface area contributed by atoms with Gasteiger partial charge in [0.2, 0.25) is 0 Å². The quantitative estimate of drug-likeness (QED) is 0.885. The van der Waals surface area contributed by atoms with E-state index in [0.717, 1.165) is 11.3 Å². The van der Waals surface area contributed by atoms with E-state index in [2.05, 4.69) is 50.4 Å². The highest BCUT2D eigenvalue weighted by Gasteiger charge is 2.14. The molecule has 1 atom stereocenters. The van der Waals surface area contributed by atoms with E-state index in [0.29, 0.717) is 12.5 Å². The fourth-order valence-corrected chi connectivity index (χ4v) is 2.72. The van der Waals surface area contributed by atoms with Crippen LogP contribution in [0.2, 0.25) is 0 Å². The molecular weight excluding hydrogens is 254 g/mol. The van der Waals surface area contributed by atoms with Crippen LogP contribution in [0.1, 0.15) is 41.9 Å². The van der Waals surface area contributed by atoms with Crippen molar-refractivity contribution in [2.45, 2.75) is 32.8 Å². The van der Waals surface area contributed by atoms with E-state index >= 15 is 0 Å². The molecule has 0 saturated carbocycles. The Morgan fingerprint density at radius 3 is 2.63 bits per heavy atom. The Labute approximate surface area is 119 Å². The van der Waals surface area contributed by atoms with Gasteiger partial charge < -0.3 is 10.5 Å². The van der Waals surface area contributed by atoms with Gasteiger partial charge in [0.05, 0.1) is 0 Å². The average molecular weight is 275 g/mol. The average Bonchev–Trinajstić information content (AvgIpc) is 2.91. The predicted octanol–water partition coefficient (Wildman–Crippen LogP) is 4.26. The first-order valence-electron chi connectivity index (χ1n) is 6.62. The number of rotatable bonds is 5. The van der Waals surface area contributed by atoms with Crippen molar-refractivity contribution in [2.24, 2.45) is 5.73 Å². The molecule has 0 bridgehead atoms. The summed E-state index contributed by atoms with van der Waals surface area (Å²) in [6.07, 6.45) is -0.0545. The zero-order valence-electron chi connectivity index (χ0n) is 11.7. The Morgan fingerprint density at radius 2 is 2.05 bits per heavy atom. The second kappa shape index (κ2) is 6.22. The molecule has 0 saturated heterocycles. The van der Waals surface area contributed by atoms with Crippen LogP contribution in [0, 0.1) is 6.92 Å². The molecule has 1 heterocycles. The molecule has 0 amide bonds. The van der Waals surface area contributed by atoms with E-state index in [9.17, 15) is 0 Å². The van der Waals surface area contributed by atoms with E-state index in [-0.39, 0.29) is 6.10 Å². The van der Waals surface area contributed by atoms with Crippen LogP contribution < -0.4 is 10.5 Å². The highest BCUT2D eigenvalue weighted by molar-refractivity contribution is 7.10. The largest absolute Gasteiger partial charge is 0.483 e. The summed E-state index contributed by atoms with van der Waals surface area (Å²) in [6.45, 7) is 6.94. The van der Waals surface area contributed by atoms with Gasteiger partial charge in [0.15, 0.2) is 0 Å². The molecule has 2 rings (SSSR count). The van der Waals surface area contributed by atoms with Crippen molar-refractivity contribution in [1.29, 1.82) is 0 Å². The molecule has 1 aromatic heterocycles. The summed E-state index contributed by atoms with van der Waals surface area (Å²) in [5.41, 5.74) is 8.29. The van der Waals surface area contributed by atoms with Crippen LogP contribution in [0.4, 0.5) is 0 Å². The topological polar surface area (TPSA) is 35.2 Å². The third kappa shape index (κ3) is 3.37. The van der Waals surface area contributed by atoms with E-state index in [4.69, 9.17) is 10.5 Å². The van der Waals surface area contributed by atoms with Crippen LogP contribution in [-0.4, -0.2) is 6.54 Å². The molecule has 19 heavy (non-hydrogen) atoms. The van der Waals surface area contributed by atoms with Crippen LogP contribution in [0.5, 0.6) is 5.75 Å². The minimum Gasteiger partial charge on any atom is -0.483 e. The van der Waals surface area contributed by atoms with E-state index in [1.807, 2.05) is 6.07 Å². The summed E-state index contributed by atoms with van der Waals surface area (Å²) in [4.78, 5) is 1.18. The Morgan fingerprint density at radius 1 is 1.26 bits per heavy atom. The van der Waals surface area contributed by atoms with Crippen LogP contribution in [0.25, 0.3) is 0 Å². The van der Waals surface area contributed by atoms with E-state index in [1.54, 1.807) is 11.3 Å². The standard InChI is InChI=1S/C16H21NOS/c1-11(2)13-7-6-12(3)14(9-13)18-15(10-17)16-5-4-8-19-16/h4-9,11,15H,10,17H2,1-3H3. The molecule has 0 radical (unpaired) electrons. The first-order valence-corrected chi connectivity index (χ1v) is 7.50. The normalized spacial score (nSPS) is 12.7. The zero-order valence-corrected chi connectivity index (χ0v) is 12.5. The maximum Gasteiger partial charge on any atom is 0.145 e. The van der Waals surface area contributed by atoms with Crippen molar-refractivity contribution >= 4 is 11.3 Å². The maximum atomic E-state index is 6.12. The second-order valence-corrected chi connectivity index (χ2v) is 6.02. The summed E-state index contributed by atoms with van der Waals surface area (Å²) in [7, 11) is 0. The summed E-state index contributed by atoms with van der Waals surface area (Å²) < 4.78 is 6.12. The Hall–Kier alpha value is -1.32. The molecule has 0 aliphatic carbocycles. The molecule has 0 fully saturated rings. The molecule has 2 aromatic rings. The van der Waals surface area contributed by atoms with Crippen molar-refractivity contribution in [1.82, 2.24) is 0 Å². The van der Waals surface area contributed by atoms with Crippen LogP contribution in [0.15, 0.2) is 35.7 Å². The number of aryl methyl sites for hydroxylation is 1. The van der Waals surface area contributed by atoms with Crippen LogP contribution >= 0.6 is 11.3 Å². The van der Waals surface area contributed by atoms with Gasteiger partial charge in [-0.05, 0) is 41.5 Å². The minimum atomic E-state index is -0.0545. The molecule has 0 aliphatic heterocycles. The Kier molecular flexibility index (Phi) is 4.61. The van der Waals surface area contributed by atoms with Crippen molar-refractivity contribution in [3.8, 4) is 5.75 Å². The lowest BCUT2D eigenvalue weighted by Gasteiger charge is -2.19. The molecule has 1 unspecified atom stereocenters. The summed E-state index contributed by atoms with van der Waals surface area (Å²) >= 11 is 1.69. The second-order valence-electron chi connectivity index (χ2n) is 5.04. The van der Waals surface area contributed by atoms with Gasteiger partial charge in [0.25, 0.3) is 0 Å². The number of hydrogen-bond acceptors (Lipinski definition) is 3. The molecule has 2 N–H and O–H groups in total. The highest BCUT2D eigenvalue weighted by atomic mass is 32.1. The van der Waals surface area contributed by atoms with Gasteiger partial charge in [-0.2, -0.15) is 0 Å². The number of thiophene rings is 1. The number of nitrogens with two attached hydrogens (primary N) is 1. The fraction of sp³-hybridized carbons (Fsp3) is 0.375. The van der Waals surface area contributed by atoms with Crippen molar-refractivity contribution < 1.29 is 4.74 Å². The van der Waals surface area contributed by atoms with Crippen molar-refractivity contribution in [3.05, 3.63) is 51.7 Å². The van der Waals surface area contributed by atoms with Gasteiger partial charge in [-0.15, -0.1) is 11.3 Å². The van der Waals surface area contributed by atoms with Gasteiger partial charge in [0, 0.05) is 11.4 Å². The number of hydrogen-bond donors (Lipinski definition) is 1. The van der Waals surface area contributed by atoms with Crippen LogP contribution in [-0.2, 0) is 0 Å². The summed E-state index contributed by atoms with van der Waals surface area (Å²) in [5, 5.41) is 2.05. The fourth-order valence-electron chi connectivity index (χ4n) is 1.95. The summed E-state index contributed by atoms with van der Waals surface area (Å²) in [6, 6.07) is 10.5. The van der Waals surface area contributed by atoms with Crippen LogP contribution in [0.3, 0.4) is 0 Å². The monoisotopic (exact) mass is 275 g/mol. The summed E-state index contributed by atoms with van der Waals surface area (Å²) in [5.74, 6) is 1.44. The van der Waals surface area contributed by atoms with Crippen molar-refractivity contribution in [3.63, 3.8) is 0 Å². The van der Waals surface area contributed by atoms with Gasteiger partial charge in [-0.25, -0.2) is 0 Å². The molecule has 2 nitrogen and oxygen atoms in total. The third-order valence-corrected chi connectivity index (χ3v) is 4.19. The first kappa shape index (κ1) is 14.1. The van der Waals surface area contributed by atoms with Gasteiger partial charge in [-0.3, -0.25) is 0 Å². The molecule has 102 valence electrons. The van der Waals surface area contributed by atoms with Gasteiger partial charge in [0.1, 0.15) is 11.9 Å². The van der Waals surface area contributed by atoms with E-state index < -0.39 is 0 Å². The van der Waals surface area contributed by atoms with Gasteiger partial charge >= 0.3 is 0 Å². The maximum absolute atomic E-state index is 6.12. The molecule has 0 spiro atoms. The third-order valence-electron chi connectivity index (χ3n) is 3.22. The predicted molar refractivity (Wildman–Crippen MR) is 82.0 cm³/mol. The lowest BCUT2D eigenvalue weighted by molar-refractivity contribution is 0.216. The lowest BCUT2D eigenvalue weighted by Crippen LogP contribution is -2.17. The zero-order chi connectivity index (χ0) is 13.8. The Balaban J connectivity index is 2.24. The Bertz CT molecular complexity index is 520. The number of benzene rings is 1. The molecule has 1 aromatic carbocycles. The first-order chi connectivity index (χ1) is 9.11. The minimum absolute atomic E-state index is 0.0545. The van der Waals surface area contributed by atoms with Crippen molar-refractivity contribution in [2.75, 3.05) is 6.54 Å². The highest BCUT2D eigenvalue weighted by Crippen LogP contribution is 2.29. The SMILES string of the molecule is Cc1ccc(C(C)C)cc1OC(CN)c1cccs1. The molecule has 3 heteroatoms. The smallest absolute Gasteiger partial charge is 0.145 e.